The van der Waals surface area contributed by atoms with Crippen LogP contribution in [0.5, 0.6) is 0 Å². The highest BCUT2D eigenvalue weighted by atomic mass is 15.0. The van der Waals surface area contributed by atoms with E-state index in [4.69, 9.17) is 0 Å². The van der Waals surface area contributed by atoms with Crippen molar-refractivity contribution < 1.29 is 0 Å². The molecular formula is C10H17N. The maximum absolute atomic E-state index is 3.49. The molecule has 1 heteroatoms. The molecule has 1 rings (SSSR count). The second-order valence-electron chi connectivity index (χ2n) is 3.55. The first-order valence-corrected chi connectivity index (χ1v) is 4.41. The summed E-state index contributed by atoms with van der Waals surface area (Å²) >= 11 is 0. The van der Waals surface area contributed by atoms with Gasteiger partial charge in [0.15, 0.2) is 0 Å². The summed E-state index contributed by atoms with van der Waals surface area (Å²) in [5, 5.41) is 3.49. The lowest BCUT2D eigenvalue weighted by atomic mass is 10.0. The van der Waals surface area contributed by atoms with Crippen LogP contribution in [0.4, 0.5) is 0 Å². The molecule has 1 aliphatic rings. The van der Waals surface area contributed by atoms with Crippen molar-refractivity contribution in [3.05, 3.63) is 0 Å². The summed E-state index contributed by atoms with van der Waals surface area (Å²) in [6, 6.07) is 0. The zero-order chi connectivity index (χ0) is 8.16. The summed E-state index contributed by atoms with van der Waals surface area (Å²) in [4.78, 5) is 0. The van der Waals surface area contributed by atoms with E-state index in [-0.39, 0.29) is 0 Å². The molecule has 11 heavy (non-hydrogen) atoms. The zero-order valence-electron chi connectivity index (χ0n) is 7.54. The van der Waals surface area contributed by atoms with Crippen LogP contribution in [-0.2, 0) is 0 Å². The molecule has 0 amide bonds. The fourth-order valence-corrected chi connectivity index (χ4v) is 1.68. The summed E-state index contributed by atoms with van der Waals surface area (Å²) in [5.74, 6) is 5.94. The van der Waals surface area contributed by atoms with Crippen molar-refractivity contribution in [1.82, 2.24) is 5.32 Å². The minimum absolute atomic E-state index is 0.393. The molecule has 0 aromatic heterocycles. The Hall–Kier alpha value is -0.480. The molecule has 1 aliphatic carbocycles. The van der Waals surface area contributed by atoms with Gasteiger partial charge < -0.3 is 5.32 Å². The molecule has 1 saturated carbocycles. The van der Waals surface area contributed by atoms with E-state index in [9.17, 15) is 0 Å². The molecule has 62 valence electrons. The van der Waals surface area contributed by atoms with Gasteiger partial charge in [0.05, 0.1) is 6.54 Å². The predicted octanol–water partition coefficient (Wildman–Crippen LogP) is 1.93. The minimum atomic E-state index is 0.393. The maximum Gasteiger partial charge on any atom is 0.0580 e. The van der Waals surface area contributed by atoms with Gasteiger partial charge in [0, 0.05) is 5.54 Å². The van der Waals surface area contributed by atoms with Crippen LogP contribution in [0.15, 0.2) is 0 Å². The third-order valence-electron chi connectivity index (χ3n) is 2.49. The van der Waals surface area contributed by atoms with E-state index < -0.39 is 0 Å². The van der Waals surface area contributed by atoms with Crippen LogP contribution in [-0.4, -0.2) is 12.1 Å². The molecule has 1 fully saturated rings. The molecule has 0 bridgehead atoms. The Bertz CT molecular complexity index is 167. The van der Waals surface area contributed by atoms with E-state index in [1.165, 1.54) is 25.7 Å². The Morgan fingerprint density at radius 2 is 2.00 bits per heavy atom. The van der Waals surface area contributed by atoms with Gasteiger partial charge in [-0.05, 0) is 26.7 Å². The van der Waals surface area contributed by atoms with Gasteiger partial charge in [0.2, 0.25) is 0 Å². The van der Waals surface area contributed by atoms with Gasteiger partial charge in [-0.3, -0.25) is 0 Å². The van der Waals surface area contributed by atoms with Crippen molar-refractivity contribution in [2.75, 3.05) is 6.54 Å². The molecule has 1 nitrogen and oxygen atoms in total. The van der Waals surface area contributed by atoms with Crippen LogP contribution in [0.3, 0.4) is 0 Å². The average Bonchev–Trinajstić information content (AvgIpc) is 2.38. The Balaban J connectivity index is 2.26. The summed E-state index contributed by atoms with van der Waals surface area (Å²) in [6.45, 7) is 5.04. The lowest BCUT2D eigenvalue weighted by molar-refractivity contribution is 0.385. The molecule has 1 N–H and O–H groups in total. The van der Waals surface area contributed by atoms with Crippen molar-refractivity contribution in [2.45, 2.75) is 45.1 Å². The standard InChI is InChI=1S/C10H17N/c1-3-4-9-11-10(2)7-5-6-8-10/h11H,5-9H2,1-2H3. The van der Waals surface area contributed by atoms with Gasteiger partial charge >= 0.3 is 0 Å². The van der Waals surface area contributed by atoms with Gasteiger partial charge in [-0.2, -0.15) is 0 Å². The van der Waals surface area contributed by atoms with Crippen LogP contribution in [0, 0.1) is 11.8 Å². The van der Waals surface area contributed by atoms with Gasteiger partial charge in [-0.25, -0.2) is 0 Å². The number of nitrogens with one attached hydrogen (secondary N) is 1. The highest BCUT2D eigenvalue weighted by Gasteiger charge is 2.26. The van der Waals surface area contributed by atoms with Gasteiger partial charge in [-0.1, -0.05) is 18.8 Å². The van der Waals surface area contributed by atoms with Crippen molar-refractivity contribution in [2.24, 2.45) is 0 Å². The summed E-state index contributed by atoms with van der Waals surface area (Å²) in [7, 11) is 0. The second-order valence-corrected chi connectivity index (χ2v) is 3.55. The van der Waals surface area contributed by atoms with E-state index in [1.807, 2.05) is 6.92 Å². The van der Waals surface area contributed by atoms with Crippen LogP contribution in [0.25, 0.3) is 0 Å². The monoisotopic (exact) mass is 151 g/mol. The van der Waals surface area contributed by atoms with E-state index in [1.54, 1.807) is 0 Å². The van der Waals surface area contributed by atoms with Gasteiger partial charge in [0.1, 0.15) is 0 Å². The van der Waals surface area contributed by atoms with E-state index in [0.29, 0.717) is 5.54 Å². The lowest BCUT2D eigenvalue weighted by Gasteiger charge is -2.23. The van der Waals surface area contributed by atoms with Crippen molar-refractivity contribution in [1.29, 1.82) is 0 Å². The lowest BCUT2D eigenvalue weighted by Crippen LogP contribution is -2.39. The molecule has 0 heterocycles. The van der Waals surface area contributed by atoms with Crippen molar-refractivity contribution in [3.8, 4) is 11.8 Å². The van der Waals surface area contributed by atoms with Crippen molar-refractivity contribution in [3.63, 3.8) is 0 Å². The summed E-state index contributed by atoms with van der Waals surface area (Å²) in [6.07, 6.45) is 5.39. The van der Waals surface area contributed by atoms with E-state index in [0.717, 1.165) is 6.54 Å². The molecule has 0 aliphatic heterocycles. The highest BCUT2D eigenvalue weighted by Crippen LogP contribution is 2.28. The first kappa shape index (κ1) is 8.62. The molecule has 0 spiro atoms. The second kappa shape index (κ2) is 3.78. The van der Waals surface area contributed by atoms with Crippen LogP contribution >= 0.6 is 0 Å². The molecular weight excluding hydrogens is 134 g/mol. The van der Waals surface area contributed by atoms with Crippen LogP contribution < -0.4 is 5.32 Å². The number of hydrogen-bond donors (Lipinski definition) is 1. The Labute approximate surface area is 69.6 Å². The zero-order valence-corrected chi connectivity index (χ0v) is 7.54. The quantitative estimate of drug-likeness (QED) is 0.595. The fourth-order valence-electron chi connectivity index (χ4n) is 1.68. The number of hydrogen-bond acceptors (Lipinski definition) is 1. The average molecular weight is 151 g/mol. The Morgan fingerprint density at radius 1 is 1.36 bits per heavy atom. The summed E-state index contributed by atoms with van der Waals surface area (Å²) in [5.41, 5.74) is 0.393. The molecule has 0 unspecified atom stereocenters. The third kappa shape index (κ3) is 2.55. The molecule has 0 atom stereocenters. The third-order valence-corrected chi connectivity index (χ3v) is 2.49. The van der Waals surface area contributed by atoms with Crippen LogP contribution in [0.2, 0.25) is 0 Å². The molecule has 0 aromatic rings. The first-order chi connectivity index (χ1) is 5.27. The molecule has 0 aromatic carbocycles. The smallest absolute Gasteiger partial charge is 0.0580 e. The van der Waals surface area contributed by atoms with Crippen molar-refractivity contribution >= 4 is 0 Å². The molecule has 0 radical (unpaired) electrons. The van der Waals surface area contributed by atoms with E-state index in [2.05, 4.69) is 24.1 Å². The topological polar surface area (TPSA) is 12.0 Å². The SMILES string of the molecule is CC#CCNC1(C)CCCC1. The van der Waals surface area contributed by atoms with E-state index >= 15 is 0 Å². The van der Waals surface area contributed by atoms with Gasteiger partial charge in [0.25, 0.3) is 0 Å². The summed E-state index contributed by atoms with van der Waals surface area (Å²) < 4.78 is 0. The first-order valence-electron chi connectivity index (χ1n) is 4.41. The van der Waals surface area contributed by atoms with Crippen LogP contribution in [0.1, 0.15) is 39.5 Å². The fraction of sp³-hybridized carbons (Fsp3) is 0.800. The number of rotatable bonds is 2. The largest absolute Gasteiger partial charge is 0.301 e. The van der Waals surface area contributed by atoms with Gasteiger partial charge in [-0.15, -0.1) is 5.92 Å². The maximum atomic E-state index is 3.49. The highest BCUT2D eigenvalue weighted by molar-refractivity contribution is 5.00. The predicted molar refractivity (Wildman–Crippen MR) is 48.3 cm³/mol. The Morgan fingerprint density at radius 3 is 2.55 bits per heavy atom. The molecule has 0 saturated heterocycles. The normalized spacial score (nSPS) is 20.9. The Kier molecular flexibility index (Phi) is 2.96. The minimum Gasteiger partial charge on any atom is -0.301 e.